The van der Waals surface area contributed by atoms with Crippen molar-refractivity contribution in [2.24, 2.45) is 0 Å². The molecule has 0 unspecified atom stereocenters. The van der Waals surface area contributed by atoms with Gasteiger partial charge in [-0.25, -0.2) is 0 Å². The Morgan fingerprint density at radius 2 is 1.96 bits per heavy atom. The number of carbonyl (C=O) groups is 1. The Bertz CT molecular complexity index is 757. The third kappa shape index (κ3) is 3.51. The predicted octanol–water partition coefficient (Wildman–Crippen LogP) is 2.06. The van der Waals surface area contributed by atoms with Crippen LogP contribution in [0.25, 0.3) is 0 Å². The molecule has 3 heterocycles. The zero-order valence-electron chi connectivity index (χ0n) is 15.5. The van der Waals surface area contributed by atoms with Crippen LogP contribution in [0, 0.1) is 0 Å². The van der Waals surface area contributed by atoms with E-state index >= 15 is 0 Å². The first-order valence-corrected chi connectivity index (χ1v) is 9.66. The summed E-state index contributed by atoms with van der Waals surface area (Å²) < 4.78 is 2.26. The van der Waals surface area contributed by atoms with E-state index in [0.29, 0.717) is 12.5 Å². The van der Waals surface area contributed by atoms with Crippen molar-refractivity contribution in [2.75, 3.05) is 26.7 Å². The largest absolute Gasteiger partial charge is 0.340 e. The van der Waals surface area contributed by atoms with Crippen LogP contribution >= 0.6 is 0 Å². The monoisotopic (exact) mass is 353 g/mol. The summed E-state index contributed by atoms with van der Waals surface area (Å²) >= 11 is 0. The maximum Gasteiger partial charge on any atom is 0.222 e. The molecule has 2 aliphatic heterocycles. The number of amides is 1. The van der Waals surface area contributed by atoms with E-state index in [2.05, 4.69) is 38.8 Å². The lowest BCUT2D eigenvalue weighted by atomic mass is 10.1. The van der Waals surface area contributed by atoms with Crippen LogP contribution in [0.15, 0.2) is 30.3 Å². The fourth-order valence-corrected chi connectivity index (χ4v) is 4.13. The Morgan fingerprint density at radius 3 is 2.73 bits per heavy atom. The van der Waals surface area contributed by atoms with Gasteiger partial charge >= 0.3 is 0 Å². The highest BCUT2D eigenvalue weighted by Crippen LogP contribution is 2.30. The van der Waals surface area contributed by atoms with Crippen LogP contribution in [-0.2, 0) is 24.2 Å². The van der Waals surface area contributed by atoms with E-state index in [9.17, 15) is 4.79 Å². The summed E-state index contributed by atoms with van der Waals surface area (Å²) in [5, 5.41) is 8.92. The summed E-state index contributed by atoms with van der Waals surface area (Å²) in [6, 6.07) is 10.6. The third-order valence-electron chi connectivity index (χ3n) is 5.70. The number of aryl methyl sites for hydroxylation is 1. The first-order chi connectivity index (χ1) is 12.7. The van der Waals surface area contributed by atoms with Gasteiger partial charge < -0.3 is 9.47 Å². The van der Waals surface area contributed by atoms with Crippen LogP contribution in [0.2, 0.25) is 0 Å². The highest BCUT2D eigenvalue weighted by Gasteiger charge is 2.30. The quantitative estimate of drug-likeness (QED) is 0.844. The van der Waals surface area contributed by atoms with Crippen LogP contribution in [0.5, 0.6) is 0 Å². The van der Waals surface area contributed by atoms with Gasteiger partial charge in [0.2, 0.25) is 5.91 Å². The lowest BCUT2D eigenvalue weighted by Crippen LogP contribution is -2.34. The topological polar surface area (TPSA) is 54.3 Å². The summed E-state index contributed by atoms with van der Waals surface area (Å²) in [5.74, 6) is 2.35. The predicted molar refractivity (Wildman–Crippen MR) is 99.7 cm³/mol. The lowest BCUT2D eigenvalue weighted by Gasteiger charge is -2.22. The molecule has 4 rings (SSSR count). The van der Waals surface area contributed by atoms with Crippen molar-refractivity contribution < 1.29 is 4.79 Å². The molecule has 1 fully saturated rings. The number of fused-ring (bicyclic) bond motifs is 1. The summed E-state index contributed by atoms with van der Waals surface area (Å²) in [7, 11) is 2.16. The van der Waals surface area contributed by atoms with Crippen molar-refractivity contribution in [1.29, 1.82) is 0 Å². The minimum Gasteiger partial charge on any atom is -0.340 e. The first-order valence-electron chi connectivity index (χ1n) is 9.66. The number of hydrogen-bond acceptors (Lipinski definition) is 4. The van der Waals surface area contributed by atoms with E-state index in [1.165, 1.54) is 12.0 Å². The standard InChI is InChI=1S/C20H27N5O/c1-23-12-5-8-17(23)20-22-21-18-11-13-24(14-15-25(18)20)19(26)10-9-16-6-3-2-4-7-16/h2-4,6-7,17H,5,8-15H2,1H3/t17-/m1/s1. The molecule has 0 N–H and O–H groups in total. The summed E-state index contributed by atoms with van der Waals surface area (Å²) in [6.45, 7) is 3.42. The SMILES string of the molecule is CN1CCC[C@@H]1c1nnc2n1CCN(C(=O)CCc1ccccc1)CC2. The number of aromatic nitrogens is 3. The molecule has 0 bridgehead atoms. The van der Waals surface area contributed by atoms with Gasteiger partial charge in [-0.05, 0) is 38.4 Å². The molecule has 138 valence electrons. The van der Waals surface area contributed by atoms with Gasteiger partial charge in [0.05, 0.1) is 6.04 Å². The van der Waals surface area contributed by atoms with E-state index in [1.54, 1.807) is 0 Å². The van der Waals surface area contributed by atoms with E-state index in [4.69, 9.17) is 0 Å². The number of carbonyl (C=O) groups excluding carboxylic acids is 1. The van der Waals surface area contributed by atoms with Gasteiger partial charge in [0, 0.05) is 32.5 Å². The average molecular weight is 353 g/mol. The van der Waals surface area contributed by atoms with Crippen molar-refractivity contribution in [2.45, 2.75) is 44.7 Å². The van der Waals surface area contributed by atoms with Gasteiger partial charge in [0.15, 0.2) is 0 Å². The second-order valence-electron chi connectivity index (χ2n) is 7.38. The fraction of sp³-hybridized carbons (Fsp3) is 0.550. The maximum atomic E-state index is 12.7. The van der Waals surface area contributed by atoms with Gasteiger partial charge in [0.1, 0.15) is 11.6 Å². The molecule has 2 aromatic rings. The Kier molecular flexibility index (Phi) is 5.02. The molecule has 1 amide bonds. The molecule has 26 heavy (non-hydrogen) atoms. The van der Waals surface area contributed by atoms with Crippen LogP contribution < -0.4 is 0 Å². The second kappa shape index (κ2) is 7.58. The Balaban J connectivity index is 1.39. The third-order valence-corrected chi connectivity index (χ3v) is 5.70. The molecule has 0 radical (unpaired) electrons. The van der Waals surface area contributed by atoms with E-state index < -0.39 is 0 Å². The summed E-state index contributed by atoms with van der Waals surface area (Å²) in [6.07, 6.45) is 4.53. The van der Waals surface area contributed by atoms with Crippen molar-refractivity contribution in [3.05, 3.63) is 47.5 Å². The lowest BCUT2D eigenvalue weighted by molar-refractivity contribution is -0.131. The molecule has 0 aliphatic carbocycles. The molecule has 1 atom stereocenters. The Hall–Kier alpha value is -2.21. The first kappa shape index (κ1) is 17.2. The Labute approximate surface area is 154 Å². The Morgan fingerprint density at radius 1 is 1.12 bits per heavy atom. The molecule has 2 aliphatic rings. The molecule has 6 nitrogen and oxygen atoms in total. The molecule has 1 aromatic heterocycles. The van der Waals surface area contributed by atoms with E-state index in [0.717, 1.165) is 57.1 Å². The van der Waals surface area contributed by atoms with Gasteiger partial charge in [-0.2, -0.15) is 0 Å². The molecular weight excluding hydrogens is 326 g/mol. The van der Waals surface area contributed by atoms with Crippen molar-refractivity contribution >= 4 is 5.91 Å². The van der Waals surface area contributed by atoms with Crippen LogP contribution in [0.3, 0.4) is 0 Å². The number of nitrogens with zero attached hydrogens (tertiary/aromatic N) is 5. The number of likely N-dealkylation sites (tertiary alicyclic amines) is 1. The zero-order valence-corrected chi connectivity index (χ0v) is 15.5. The molecule has 0 spiro atoms. The van der Waals surface area contributed by atoms with E-state index in [1.807, 2.05) is 23.1 Å². The second-order valence-corrected chi connectivity index (χ2v) is 7.38. The number of hydrogen-bond donors (Lipinski definition) is 0. The maximum absolute atomic E-state index is 12.7. The number of rotatable bonds is 4. The van der Waals surface area contributed by atoms with Gasteiger partial charge in [-0.15, -0.1) is 10.2 Å². The molecule has 1 saturated heterocycles. The molecule has 6 heteroatoms. The zero-order chi connectivity index (χ0) is 17.9. The van der Waals surface area contributed by atoms with Crippen molar-refractivity contribution in [3.63, 3.8) is 0 Å². The summed E-state index contributed by atoms with van der Waals surface area (Å²) in [4.78, 5) is 17.0. The normalized spacial score (nSPS) is 20.8. The van der Waals surface area contributed by atoms with Gasteiger partial charge in [-0.3, -0.25) is 9.69 Å². The minimum atomic E-state index is 0.243. The molecule has 0 saturated carbocycles. The highest BCUT2D eigenvalue weighted by atomic mass is 16.2. The smallest absolute Gasteiger partial charge is 0.222 e. The van der Waals surface area contributed by atoms with Crippen LogP contribution in [0.1, 0.15) is 42.5 Å². The van der Waals surface area contributed by atoms with Gasteiger partial charge in [0.25, 0.3) is 0 Å². The van der Waals surface area contributed by atoms with Gasteiger partial charge in [-0.1, -0.05) is 30.3 Å². The van der Waals surface area contributed by atoms with Crippen LogP contribution in [0.4, 0.5) is 0 Å². The minimum absolute atomic E-state index is 0.243. The summed E-state index contributed by atoms with van der Waals surface area (Å²) in [5.41, 5.74) is 1.22. The van der Waals surface area contributed by atoms with E-state index in [-0.39, 0.29) is 5.91 Å². The molecular formula is C20H27N5O. The average Bonchev–Trinajstić information content (AvgIpc) is 3.20. The van der Waals surface area contributed by atoms with Crippen molar-refractivity contribution in [3.8, 4) is 0 Å². The van der Waals surface area contributed by atoms with Crippen molar-refractivity contribution in [1.82, 2.24) is 24.6 Å². The van der Waals surface area contributed by atoms with Crippen LogP contribution in [-0.4, -0.2) is 57.2 Å². The molecule has 1 aromatic carbocycles. The highest BCUT2D eigenvalue weighted by molar-refractivity contribution is 5.76. The fourth-order valence-electron chi connectivity index (χ4n) is 4.13. The number of benzene rings is 1.